The maximum Gasteiger partial charge on any atom is 0.309 e. The SMILES string of the molecule is C#CCOC(=O)C(C)CC[CH2]. The molecule has 61 valence electrons. The summed E-state index contributed by atoms with van der Waals surface area (Å²) in [7, 11) is 0. The monoisotopic (exact) mass is 153 g/mol. The lowest BCUT2D eigenvalue weighted by atomic mass is 10.1. The number of hydrogen-bond acceptors (Lipinski definition) is 2. The van der Waals surface area contributed by atoms with E-state index in [1.807, 2.05) is 6.92 Å². The molecule has 0 rings (SSSR count). The van der Waals surface area contributed by atoms with E-state index in [4.69, 9.17) is 11.2 Å². The first kappa shape index (κ1) is 10.0. The second-order valence-electron chi connectivity index (χ2n) is 2.36. The lowest BCUT2D eigenvalue weighted by Crippen LogP contribution is -2.14. The molecule has 0 amide bonds. The fraction of sp³-hybridized carbons (Fsp3) is 0.556. The van der Waals surface area contributed by atoms with E-state index < -0.39 is 0 Å². The van der Waals surface area contributed by atoms with Gasteiger partial charge in [-0.3, -0.25) is 4.79 Å². The van der Waals surface area contributed by atoms with Gasteiger partial charge in [-0.15, -0.1) is 6.42 Å². The van der Waals surface area contributed by atoms with Crippen molar-refractivity contribution in [1.29, 1.82) is 0 Å². The molecule has 1 atom stereocenters. The molecule has 0 aliphatic heterocycles. The quantitative estimate of drug-likeness (QED) is 0.451. The van der Waals surface area contributed by atoms with Crippen LogP contribution in [0.15, 0.2) is 0 Å². The van der Waals surface area contributed by atoms with Crippen LogP contribution in [0, 0.1) is 25.2 Å². The molecule has 1 radical (unpaired) electrons. The molecule has 2 heteroatoms. The summed E-state index contributed by atoms with van der Waals surface area (Å²) in [6.45, 7) is 5.52. The van der Waals surface area contributed by atoms with Crippen molar-refractivity contribution in [3.63, 3.8) is 0 Å². The number of hydrogen-bond donors (Lipinski definition) is 0. The molecule has 0 aliphatic rings. The Morgan fingerprint density at radius 3 is 2.91 bits per heavy atom. The highest BCUT2D eigenvalue weighted by atomic mass is 16.5. The standard InChI is InChI=1S/C9H13O2/c1-4-6-8(3)9(10)11-7-5-2/h2,8H,1,4,6-7H2,3H3. The van der Waals surface area contributed by atoms with Gasteiger partial charge in [0.25, 0.3) is 0 Å². The van der Waals surface area contributed by atoms with Crippen molar-refractivity contribution in [3.8, 4) is 12.3 Å². The molecule has 0 spiro atoms. The van der Waals surface area contributed by atoms with Gasteiger partial charge in [0, 0.05) is 0 Å². The zero-order valence-electron chi connectivity index (χ0n) is 6.80. The van der Waals surface area contributed by atoms with Crippen molar-refractivity contribution >= 4 is 5.97 Å². The van der Waals surface area contributed by atoms with Crippen LogP contribution in [0.2, 0.25) is 0 Å². The molecular weight excluding hydrogens is 140 g/mol. The van der Waals surface area contributed by atoms with E-state index in [0.717, 1.165) is 12.8 Å². The van der Waals surface area contributed by atoms with Gasteiger partial charge in [0.2, 0.25) is 0 Å². The number of terminal acetylenes is 1. The molecule has 0 aromatic rings. The Morgan fingerprint density at radius 1 is 1.82 bits per heavy atom. The van der Waals surface area contributed by atoms with Crippen molar-refractivity contribution in [2.75, 3.05) is 6.61 Å². The van der Waals surface area contributed by atoms with Crippen LogP contribution in [0.4, 0.5) is 0 Å². The van der Waals surface area contributed by atoms with E-state index in [9.17, 15) is 4.79 Å². The third kappa shape index (κ3) is 4.44. The zero-order chi connectivity index (χ0) is 8.69. The molecule has 2 nitrogen and oxygen atoms in total. The minimum absolute atomic E-state index is 0.0698. The van der Waals surface area contributed by atoms with Crippen molar-refractivity contribution < 1.29 is 9.53 Å². The summed E-state index contributed by atoms with van der Waals surface area (Å²) in [5, 5.41) is 0. The summed E-state index contributed by atoms with van der Waals surface area (Å²) in [4.78, 5) is 10.9. The van der Waals surface area contributed by atoms with E-state index >= 15 is 0 Å². The van der Waals surface area contributed by atoms with Crippen molar-refractivity contribution in [1.82, 2.24) is 0 Å². The van der Waals surface area contributed by atoms with E-state index in [1.54, 1.807) is 0 Å². The van der Waals surface area contributed by atoms with E-state index in [2.05, 4.69) is 12.8 Å². The van der Waals surface area contributed by atoms with E-state index in [-0.39, 0.29) is 18.5 Å². The molecule has 0 aromatic heterocycles. The van der Waals surface area contributed by atoms with Crippen molar-refractivity contribution in [2.45, 2.75) is 19.8 Å². The normalized spacial score (nSPS) is 11.7. The predicted molar refractivity (Wildman–Crippen MR) is 43.5 cm³/mol. The molecular formula is C9H13O2. The second kappa shape index (κ2) is 5.79. The third-order valence-electron chi connectivity index (χ3n) is 1.34. The Kier molecular flexibility index (Phi) is 5.28. The molecule has 0 bridgehead atoms. The Balaban J connectivity index is 3.57. The number of carbonyl (C=O) groups excluding carboxylic acids is 1. The maximum absolute atomic E-state index is 10.9. The third-order valence-corrected chi connectivity index (χ3v) is 1.34. The fourth-order valence-electron chi connectivity index (χ4n) is 0.679. The second-order valence-corrected chi connectivity index (χ2v) is 2.36. The van der Waals surface area contributed by atoms with Crippen LogP contribution in [-0.2, 0) is 9.53 Å². The summed E-state index contributed by atoms with van der Waals surface area (Å²) in [6.07, 6.45) is 6.41. The van der Waals surface area contributed by atoms with Crippen LogP contribution < -0.4 is 0 Å². The maximum atomic E-state index is 10.9. The Morgan fingerprint density at radius 2 is 2.45 bits per heavy atom. The summed E-state index contributed by atoms with van der Waals surface area (Å²) in [5.74, 6) is 1.92. The van der Waals surface area contributed by atoms with Gasteiger partial charge < -0.3 is 4.74 Å². The average molecular weight is 153 g/mol. The first-order valence-corrected chi connectivity index (χ1v) is 3.61. The van der Waals surface area contributed by atoms with Crippen LogP contribution >= 0.6 is 0 Å². The summed E-state index contributed by atoms with van der Waals surface area (Å²) < 4.78 is 4.70. The largest absolute Gasteiger partial charge is 0.452 e. The zero-order valence-corrected chi connectivity index (χ0v) is 6.80. The number of ether oxygens (including phenoxy) is 1. The molecule has 11 heavy (non-hydrogen) atoms. The van der Waals surface area contributed by atoms with Gasteiger partial charge in [0.1, 0.15) is 0 Å². The smallest absolute Gasteiger partial charge is 0.309 e. The van der Waals surface area contributed by atoms with Gasteiger partial charge in [-0.2, -0.15) is 0 Å². The van der Waals surface area contributed by atoms with Crippen molar-refractivity contribution in [3.05, 3.63) is 6.92 Å². The molecule has 0 heterocycles. The van der Waals surface area contributed by atoms with Gasteiger partial charge in [-0.25, -0.2) is 0 Å². The van der Waals surface area contributed by atoms with Gasteiger partial charge in [-0.1, -0.05) is 26.2 Å². The number of rotatable bonds is 4. The van der Waals surface area contributed by atoms with Crippen LogP contribution in [0.25, 0.3) is 0 Å². The van der Waals surface area contributed by atoms with E-state index in [0.29, 0.717) is 0 Å². The topological polar surface area (TPSA) is 26.3 Å². The molecule has 0 aliphatic carbocycles. The summed E-state index contributed by atoms with van der Waals surface area (Å²) in [6, 6.07) is 0. The molecule has 0 fully saturated rings. The van der Waals surface area contributed by atoms with E-state index in [1.165, 1.54) is 0 Å². The first-order valence-electron chi connectivity index (χ1n) is 3.61. The van der Waals surface area contributed by atoms with Gasteiger partial charge in [-0.05, 0) is 6.42 Å². The summed E-state index contributed by atoms with van der Waals surface area (Å²) >= 11 is 0. The Hall–Kier alpha value is -0.970. The summed E-state index contributed by atoms with van der Waals surface area (Å²) in [5.41, 5.74) is 0. The lowest BCUT2D eigenvalue weighted by Gasteiger charge is -2.07. The average Bonchev–Trinajstić information content (AvgIpc) is 2.00. The van der Waals surface area contributed by atoms with Gasteiger partial charge in [0.15, 0.2) is 6.61 Å². The first-order chi connectivity index (χ1) is 5.22. The molecule has 0 saturated heterocycles. The molecule has 1 unspecified atom stereocenters. The molecule has 0 saturated carbocycles. The van der Waals surface area contributed by atoms with Crippen LogP contribution in [0.5, 0.6) is 0 Å². The van der Waals surface area contributed by atoms with Crippen molar-refractivity contribution in [2.24, 2.45) is 5.92 Å². The Labute approximate surface area is 67.9 Å². The highest BCUT2D eigenvalue weighted by Gasteiger charge is 2.11. The lowest BCUT2D eigenvalue weighted by molar-refractivity contribution is -0.146. The van der Waals surface area contributed by atoms with Gasteiger partial charge >= 0.3 is 5.97 Å². The van der Waals surface area contributed by atoms with Crippen LogP contribution in [0.1, 0.15) is 19.8 Å². The van der Waals surface area contributed by atoms with Gasteiger partial charge in [0.05, 0.1) is 5.92 Å². The van der Waals surface area contributed by atoms with Crippen LogP contribution in [-0.4, -0.2) is 12.6 Å². The number of esters is 1. The fourth-order valence-corrected chi connectivity index (χ4v) is 0.679. The Bertz CT molecular complexity index is 155. The predicted octanol–water partition coefficient (Wildman–Crippen LogP) is 1.41. The minimum Gasteiger partial charge on any atom is -0.452 e. The minimum atomic E-state index is -0.230. The molecule has 0 N–H and O–H groups in total. The molecule has 0 aromatic carbocycles. The highest BCUT2D eigenvalue weighted by molar-refractivity contribution is 5.72. The number of carbonyl (C=O) groups is 1. The van der Waals surface area contributed by atoms with Crippen LogP contribution in [0.3, 0.4) is 0 Å². The highest BCUT2D eigenvalue weighted by Crippen LogP contribution is 2.06.